The van der Waals surface area contributed by atoms with Crippen LogP contribution < -0.4 is 15.4 Å². The molecule has 0 radical (unpaired) electrons. The van der Waals surface area contributed by atoms with Gasteiger partial charge in [-0.3, -0.25) is 14.2 Å². The van der Waals surface area contributed by atoms with E-state index in [9.17, 15) is 9.59 Å². The Labute approximate surface area is 241 Å². The average molecular weight is 600 g/mol. The first-order valence-electron chi connectivity index (χ1n) is 11.6. The third-order valence-electron chi connectivity index (χ3n) is 5.27. The summed E-state index contributed by atoms with van der Waals surface area (Å²) in [6, 6.07) is 21.6. The van der Waals surface area contributed by atoms with E-state index in [0.717, 1.165) is 10.2 Å². The average Bonchev–Trinajstić information content (AvgIpc) is 3.53. The number of rotatable bonds is 10. The second-order valence-electron chi connectivity index (χ2n) is 8.06. The fraction of sp³-hybridized carbons (Fsp3) is 0.115. The normalized spacial score (nSPS) is 10.9. The first-order valence-corrected chi connectivity index (χ1v) is 14.1. The number of amides is 2. The van der Waals surface area contributed by atoms with Crippen LogP contribution in [0.2, 0.25) is 10.0 Å². The van der Waals surface area contributed by atoms with Gasteiger partial charge in [0.15, 0.2) is 22.7 Å². The van der Waals surface area contributed by atoms with Crippen LogP contribution in [-0.2, 0) is 16.1 Å². The molecule has 2 amide bonds. The van der Waals surface area contributed by atoms with Gasteiger partial charge in [0.05, 0.1) is 28.2 Å². The Kier molecular flexibility index (Phi) is 8.62. The van der Waals surface area contributed by atoms with Crippen LogP contribution in [0.1, 0.15) is 5.82 Å². The molecule has 5 rings (SSSR count). The number of anilines is 1. The maximum Gasteiger partial charge on any atom is 0.258 e. The van der Waals surface area contributed by atoms with Crippen LogP contribution in [0.15, 0.2) is 78.0 Å². The second kappa shape index (κ2) is 12.5. The number of hydrogen-bond acceptors (Lipinski definition) is 8. The quantitative estimate of drug-likeness (QED) is 0.201. The topological polar surface area (TPSA) is 111 Å². The standard InChI is InChI=1S/C26H20Cl2N6O3S2/c27-16-8-10-19(11-9-16)37-14-23(35)29-13-22-32-33-26(34(22)18-5-3-4-17(28)12-18)38-15-24(36)31-25-30-20-6-1-2-7-21(20)39-25/h1-12H,13-15H2,(H,29,35)(H,30,31,36). The number of thioether (sulfide) groups is 1. The zero-order valence-electron chi connectivity index (χ0n) is 20.1. The van der Waals surface area contributed by atoms with E-state index < -0.39 is 0 Å². The van der Waals surface area contributed by atoms with E-state index in [2.05, 4.69) is 25.8 Å². The molecule has 0 aliphatic rings. The fourth-order valence-electron chi connectivity index (χ4n) is 3.50. The number of carbonyl (C=O) groups excluding carboxylic acids is 2. The molecule has 39 heavy (non-hydrogen) atoms. The molecule has 198 valence electrons. The van der Waals surface area contributed by atoms with E-state index in [1.54, 1.807) is 47.0 Å². The Morgan fingerprint density at radius 2 is 1.77 bits per heavy atom. The SMILES string of the molecule is O=C(COc1ccc(Cl)cc1)NCc1nnc(SCC(=O)Nc2nc3ccccc3s2)n1-c1cccc(Cl)c1. The fourth-order valence-corrected chi connectivity index (χ4v) is 5.47. The molecule has 0 spiro atoms. The van der Waals surface area contributed by atoms with Crippen LogP contribution in [0.3, 0.4) is 0 Å². The summed E-state index contributed by atoms with van der Waals surface area (Å²) in [6.07, 6.45) is 0. The summed E-state index contributed by atoms with van der Waals surface area (Å²) in [5.41, 5.74) is 1.53. The molecule has 0 saturated carbocycles. The van der Waals surface area contributed by atoms with Crippen molar-refractivity contribution in [3.05, 3.63) is 88.7 Å². The maximum absolute atomic E-state index is 12.7. The number of carbonyl (C=O) groups is 2. The Balaban J connectivity index is 1.24. The summed E-state index contributed by atoms with van der Waals surface area (Å²) in [5, 5.41) is 16.2. The predicted octanol–water partition coefficient (Wildman–Crippen LogP) is 5.61. The summed E-state index contributed by atoms with van der Waals surface area (Å²) in [6.45, 7) is -0.0960. The van der Waals surface area contributed by atoms with E-state index in [-0.39, 0.29) is 30.7 Å². The number of halogens is 2. The van der Waals surface area contributed by atoms with Crippen LogP contribution in [-0.4, -0.2) is 43.9 Å². The number of fused-ring (bicyclic) bond motifs is 1. The molecule has 2 N–H and O–H groups in total. The molecule has 0 unspecified atom stereocenters. The van der Waals surface area contributed by atoms with Gasteiger partial charge < -0.3 is 15.4 Å². The highest BCUT2D eigenvalue weighted by Gasteiger charge is 2.18. The molecule has 0 fully saturated rings. The minimum atomic E-state index is -0.338. The van der Waals surface area contributed by atoms with E-state index in [4.69, 9.17) is 27.9 Å². The Morgan fingerprint density at radius 3 is 2.56 bits per heavy atom. The zero-order chi connectivity index (χ0) is 27.2. The van der Waals surface area contributed by atoms with E-state index in [1.165, 1.54) is 23.1 Å². The Morgan fingerprint density at radius 1 is 0.949 bits per heavy atom. The number of nitrogens with zero attached hydrogens (tertiary/aromatic N) is 4. The van der Waals surface area contributed by atoms with Crippen LogP contribution in [0.25, 0.3) is 15.9 Å². The smallest absolute Gasteiger partial charge is 0.258 e. The van der Waals surface area contributed by atoms with Crippen molar-refractivity contribution in [3.63, 3.8) is 0 Å². The molecular formula is C26H20Cl2N6O3S2. The summed E-state index contributed by atoms with van der Waals surface area (Å²) in [5.74, 6) is 0.505. The zero-order valence-corrected chi connectivity index (χ0v) is 23.3. The van der Waals surface area contributed by atoms with Crippen molar-refractivity contribution in [1.82, 2.24) is 25.1 Å². The second-order valence-corrected chi connectivity index (χ2v) is 10.9. The summed E-state index contributed by atoms with van der Waals surface area (Å²) < 4.78 is 8.24. The number of nitrogens with one attached hydrogen (secondary N) is 2. The number of ether oxygens (including phenoxy) is 1. The van der Waals surface area contributed by atoms with Gasteiger partial charge in [0, 0.05) is 10.0 Å². The van der Waals surface area contributed by atoms with E-state index in [0.29, 0.717) is 37.6 Å². The Bertz CT molecular complexity index is 1590. The lowest BCUT2D eigenvalue weighted by Crippen LogP contribution is -2.29. The number of aromatic nitrogens is 4. The van der Waals surface area contributed by atoms with Crippen molar-refractivity contribution in [2.24, 2.45) is 0 Å². The van der Waals surface area contributed by atoms with Crippen molar-refractivity contribution in [1.29, 1.82) is 0 Å². The van der Waals surface area contributed by atoms with Crippen molar-refractivity contribution in [2.45, 2.75) is 11.7 Å². The molecule has 2 aromatic heterocycles. The Hall–Kier alpha value is -3.64. The predicted molar refractivity (Wildman–Crippen MR) is 154 cm³/mol. The highest BCUT2D eigenvalue weighted by Crippen LogP contribution is 2.27. The first-order chi connectivity index (χ1) is 18.9. The third-order valence-corrected chi connectivity index (χ3v) is 7.63. The van der Waals surface area contributed by atoms with Crippen molar-refractivity contribution in [2.75, 3.05) is 17.7 Å². The largest absolute Gasteiger partial charge is 0.484 e. The lowest BCUT2D eigenvalue weighted by molar-refractivity contribution is -0.123. The van der Waals surface area contributed by atoms with Crippen molar-refractivity contribution in [3.8, 4) is 11.4 Å². The molecule has 0 aliphatic heterocycles. The highest BCUT2D eigenvalue weighted by molar-refractivity contribution is 7.99. The molecule has 5 aromatic rings. The number of para-hydroxylation sites is 1. The van der Waals surface area contributed by atoms with Gasteiger partial charge in [-0.2, -0.15) is 0 Å². The summed E-state index contributed by atoms with van der Waals surface area (Å²) in [7, 11) is 0. The van der Waals surface area contributed by atoms with Crippen LogP contribution >= 0.6 is 46.3 Å². The minimum Gasteiger partial charge on any atom is -0.484 e. The number of hydrogen-bond donors (Lipinski definition) is 2. The van der Waals surface area contributed by atoms with Gasteiger partial charge in [-0.15, -0.1) is 10.2 Å². The molecule has 0 atom stereocenters. The van der Waals surface area contributed by atoms with Crippen molar-refractivity contribution >= 4 is 73.5 Å². The van der Waals surface area contributed by atoms with Gasteiger partial charge in [-0.05, 0) is 54.6 Å². The molecular weight excluding hydrogens is 579 g/mol. The molecule has 9 nitrogen and oxygen atoms in total. The van der Waals surface area contributed by atoms with Crippen molar-refractivity contribution < 1.29 is 14.3 Å². The van der Waals surface area contributed by atoms with Crippen LogP contribution in [0, 0.1) is 0 Å². The van der Waals surface area contributed by atoms with E-state index >= 15 is 0 Å². The van der Waals surface area contributed by atoms with Gasteiger partial charge in [-0.25, -0.2) is 4.98 Å². The van der Waals surface area contributed by atoms with Gasteiger partial charge in [0.2, 0.25) is 5.91 Å². The summed E-state index contributed by atoms with van der Waals surface area (Å²) in [4.78, 5) is 29.5. The van der Waals surface area contributed by atoms with Gasteiger partial charge in [-0.1, -0.05) is 64.5 Å². The van der Waals surface area contributed by atoms with E-state index in [1.807, 2.05) is 30.3 Å². The van der Waals surface area contributed by atoms with Gasteiger partial charge in [0.1, 0.15) is 5.75 Å². The maximum atomic E-state index is 12.7. The third kappa shape index (κ3) is 7.07. The van der Waals surface area contributed by atoms with Crippen LogP contribution in [0.5, 0.6) is 5.75 Å². The minimum absolute atomic E-state index is 0.0793. The molecule has 13 heteroatoms. The molecule has 0 aliphatic carbocycles. The molecule has 0 saturated heterocycles. The molecule has 2 heterocycles. The number of thiazole rings is 1. The monoisotopic (exact) mass is 598 g/mol. The summed E-state index contributed by atoms with van der Waals surface area (Å²) >= 11 is 14.7. The molecule has 3 aromatic carbocycles. The number of benzene rings is 3. The van der Waals surface area contributed by atoms with Gasteiger partial charge >= 0.3 is 0 Å². The molecule has 0 bridgehead atoms. The van der Waals surface area contributed by atoms with Crippen LogP contribution in [0.4, 0.5) is 5.13 Å². The lowest BCUT2D eigenvalue weighted by atomic mass is 10.3. The highest BCUT2D eigenvalue weighted by atomic mass is 35.5. The lowest BCUT2D eigenvalue weighted by Gasteiger charge is -2.12. The van der Waals surface area contributed by atoms with Gasteiger partial charge in [0.25, 0.3) is 5.91 Å². The first kappa shape index (κ1) is 26.9.